The Bertz CT molecular complexity index is 335. The van der Waals surface area contributed by atoms with E-state index in [0.717, 1.165) is 23.8 Å². The third-order valence-corrected chi connectivity index (χ3v) is 6.45. The van der Waals surface area contributed by atoms with Crippen molar-refractivity contribution in [2.75, 3.05) is 40.8 Å². The van der Waals surface area contributed by atoms with Crippen molar-refractivity contribution >= 4 is 0 Å². The molecule has 0 spiro atoms. The van der Waals surface area contributed by atoms with E-state index in [1.165, 1.54) is 81.9 Å². The molecule has 0 aromatic heterocycles. The van der Waals surface area contributed by atoms with Crippen LogP contribution in [0.3, 0.4) is 0 Å². The summed E-state index contributed by atoms with van der Waals surface area (Å²) in [6, 6.07) is 0.719. The van der Waals surface area contributed by atoms with E-state index in [9.17, 15) is 0 Å². The molecule has 0 aromatic rings. The van der Waals surface area contributed by atoms with E-state index in [2.05, 4.69) is 67.6 Å². The summed E-state index contributed by atoms with van der Waals surface area (Å²) in [4.78, 5) is 2.60. The molecule has 2 nitrogen and oxygen atoms in total. The van der Waals surface area contributed by atoms with E-state index in [0.29, 0.717) is 0 Å². The molecule has 0 aliphatic carbocycles. The summed E-state index contributed by atoms with van der Waals surface area (Å²) in [6.07, 6.45) is 12.5. The fraction of sp³-hybridized carbons (Fsp3) is 1.00. The first-order chi connectivity index (χ1) is 12.6. The Kier molecular flexibility index (Phi) is 14.8. The van der Waals surface area contributed by atoms with Gasteiger partial charge in [0.1, 0.15) is 0 Å². The number of nitrogens with zero attached hydrogens (tertiary/aromatic N) is 2. The van der Waals surface area contributed by atoms with Crippen molar-refractivity contribution in [3.05, 3.63) is 0 Å². The van der Waals surface area contributed by atoms with Crippen molar-refractivity contribution in [1.29, 1.82) is 0 Å². The number of rotatable bonds is 17. The normalized spacial score (nSPS) is 15.1. The summed E-state index contributed by atoms with van der Waals surface area (Å²) in [5.41, 5.74) is 0. The van der Waals surface area contributed by atoms with E-state index in [1.807, 2.05) is 0 Å². The van der Waals surface area contributed by atoms with Gasteiger partial charge in [-0.2, -0.15) is 0 Å². The van der Waals surface area contributed by atoms with Gasteiger partial charge in [0.05, 0.1) is 27.2 Å². The minimum Gasteiger partial charge on any atom is -0.328 e. The Morgan fingerprint density at radius 2 is 1.41 bits per heavy atom. The van der Waals surface area contributed by atoms with Gasteiger partial charge in [0.15, 0.2) is 0 Å². The molecule has 0 rings (SSSR count). The van der Waals surface area contributed by atoms with E-state index in [-0.39, 0.29) is 0 Å². The molecule has 0 radical (unpaired) electrons. The lowest BCUT2D eigenvalue weighted by Crippen LogP contribution is -2.43. The third-order valence-electron chi connectivity index (χ3n) is 6.45. The first-order valence-corrected chi connectivity index (χ1v) is 12.1. The highest BCUT2D eigenvalue weighted by Crippen LogP contribution is 2.24. The van der Waals surface area contributed by atoms with Crippen LogP contribution in [0.2, 0.25) is 0 Å². The zero-order valence-electron chi connectivity index (χ0n) is 20.7. The van der Waals surface area contributed by atoms with Gasteiger partial charge in [-0.3, -0.25) is 0 Å². The Balaban J connectivity index is 3.89. The average molecular weight is 384 g/mol. The maximum Gasteiger partial charge on any atom is 0.0805 e. The average Bonchev–Trinajstić information content (AvgIpc) is 2.55. The number of quaternary nitrogens is 1. The molecule has 0 aromatic carbocycles. The second kappa shape index (κ2) is 14.9. The van der Waals surface area contributed by atoms with Crippen LogP contribution in [0.1, 0.15) is 99.3 Å². The first-order valence-electron chi connectivity index (χ1n) is 12.1. The van der Waals surface area contributed by atoms with Crippen molar-refractivity contribution in [2.24, 2.45) is 17.8 Å². The van der Waals surface area contributed by atoms with Crippen molar-refractivity contribution in [3.8, 4) is 0 Å². The van der Waals surface area contributed by atoms with Crippen LogP contribution in [0.15, 0.2) is 0 Å². The molecule has 0 heterocycles. The van der Waals surface area contributed by atoms with Crippen molar-refractivity contribution < 1.29 is 4.48 Å². The fourth-order valence-corrected chi connectivity index (χ4v) is 4.56. The SMILES string of the molecule is CCCCC(CCCCCN(C)C(C)CCC[N+](C)(C)CC(C)C)C(C)C. The summed E-state index contributed by atoms with van der Waals surface area (Å²) in [5.74, 6) is 2.60. The monoisotopic (exact) mass is 383 g/mol. The van der Waals surface area contributed by atoms with Gasteiger partial charge in [-0.15, -0.1) is 0 Å². The molecule has 0 fully saturated rings. The Hall–Kier alpha value is -0.0800. The van der Waals surface area contributed by atoms with Crippen molar-refractivity contribution in [1.82, 2.24) is 4.90 Å². The molecule has 0 aliphatic heterocycles. The molecule has 2 heteroatoms. The number of hydrogen-bond acceptors (Lipinski definition) is 1. The molecule has 0 N–H and O–H groups in total. The number of unbranched alkanes of at least 4 members (excludes halogenated alkanes) is 3. The molecule has 164 valence electrons. The van der Waals surface area contributed by atoms with Gasteiger partial charge >= 0.3 is 0 Å². The summed E-state index contributed by atoms with van der Waals surface area (Å²) in [6.45, 7) is 18.1. The Morgan fingerprint density at radius 1 is 0.778 bits per heavy atom. The number of hydrogen-bond donors (Lipinski definition) is 0. The molecular formula is C25H55N2+. The topological polar surface area (TPSA) is 3.24 Å². The highest BCUT2D eigenvalue weighted by atomic mass is 15.3. The van der Waals surface area contributed by atoms with Crippen LogP contribution in [0, 0.1) is 17.8 Å². The van der Waals surface area contributed by atoms with E-state index in [1.54, 1.807) is 0 Å². The maximum atomic E-state index is 2.60. The van der Waals surface area contributed by atoms with Crippen LogP contribution < -0.4 is 0 Å². The quantitative estimate of drug-likeness (QED) is 0.196. The van der Waals surface area contributed by atoms with Gasteiger partial charge in [-0.05, 0) is 51.6 Å². The molecule has 2 atom stereocenters. The minimum atomic E-state index is 0.719. The van der Waals surface area contributed by atoms with Crippen LogP contribution in [-0.2, 0) is 0 Å². The van der Waals surface area contributed by atoms with Gasteiger partial charge in [-0.1, -0.05) is 73.1 Å². The van der Waals surface area contributed by atoms with E-state index >= 15 is 0 Å². The standard InChI is InChI=1S/C25H55N2/c1-10-11-17-25(23(4)5)18-13-12-14-19-26(7)24(6)16-15-20-27(8,9)21-22(2)3/h22-25H,10-21H2,1-9H3/q+1. The second-order valence-corrected chi connectivity index (χ2v) is 10.7. The van der Waals surface area contributed by atoms with Gasteiger partial charge in [0.25, 0.3) is 0 Å². The zero-order chi connectivity index (χ0) is 20.9. The fourth-order valence-electron chi connectivity index (χ4n) is 4.56. The molecule has 0 saturated carbocycles. The predicted octanol–water partition coefficient (Wildman–Crippen LogP) is 6.84. The van der Waals surface area contributed by atoms with Crippen LogP contribution in [0.5, 0.6) is 0 Å². The second-order valence-electron chi connectivity index (χ2n) is 10.7. The van der Waals surface area contributed by atoms with E-state index < -0.39 is 0 Å². The summed E-state index contributed by atoms with van der Waals surface area (Å²) < 4.78 is 1.17. The Labute approximate surface area is 173 Å². The van der Waals surface area contributed by atoms with Crippen LogP contribution in [-0.4, -0.2) is 56.2 Å². The van der Waals surface area contributed by atoms with Gasteiger partial charge in [0.2, 0.25) is 0 Å². The van der Waals surface area contributed by atoms with Gasteiger partial charge in [0, 0.05) is 12.0 Å². The predicted molar refractivity (Wildman–Crippen MR) is 124 cm³/mol. The smallest absolute Gasteiger partial charge is 0.0805 e. The maximum absolute atomic E-state index is 2.60. The highest BCUT2D eigenvalue weighted by Gasteiger charge is 2.18. The summed E-state index contributed by atoms with van der Waals surface area (Å²) in [7, 11) is 7.11. The summed E-state index contributed by atoms with van der Waals surface area (Å²) >= 11 is 0. The molecule has 0 aliphatic rings. The van der Waals surface area contributed by atoms with Crippen molar-refractivity contribution in [3.63, 3.8) is 0 Å². The lowest BCUT2D eigenvalue weighted by molar-refractivity contribution is -0.893. The molecule has 27 heavy (non-hydrogen) atoms. The minimum absolute atomic E-state index is 0.719. The van der Waals surface area contributed by atoms with Gasteiger partial charge < -0.3 is 9.38 Å². The molecule has 0 amide bonds. The molecule has 0 bridgehead atoms. The summed E-state index contributed by atoms with van der Waals surface area (Å²) in [5, 5.41) is 0. The first kappa shape index (κ1) is 26.9. The lowest BCUT2D eigenvalue weighted by atomic mass is 9.86. The van der Waals surface area contributed by atoms with E-state index in [4.69, 9.17) is 0 Å². The largest absolute Gasteiger partial charge is 0.328 e. The highest BCUT2D eigenvalue weighted by molar-refractivity contribution is 4.66. The van der Waals surface area contributed by atoms with Crippen LogP contribution >= 0.6 is 0 Å². The lowest BCUT2D eigenvalue weighted by Gasteiger charge is -2.32. The van der Waals surface area contributed by atoms with Crippen LogP contribution in [0.25, 0.3) is 0 Å². The molecular weight excluding hydrogens is 328 g/mol. The third kappa shape index (κ3) is 14.6. The zero-order valence-corrected chi connectivity index (χ0v) is 20.7. The van der Waals surface area contributed by atoms with Crippen LogP contribution in [0.4, 0.5) is 0 Å². The van der Waals surface area contributed by atoms with Gasteiger partial charge in [-0.25, -0.2) is 0 Å². The van der Waals surface area contributed by atoms with Crippen molar-refractivity contribution in [2.45, 2.75) is 105 Å². The molecule has 0 saturated heterocycles. The Morgan fingerprint density at radius 3 is 1.96 bits per heavy atom. The molecule has 2 unspecified atom stereocenters.